The largest absolute Gasteiger partial charge is 1.00 e. The predicted molar refractivity (Wildman–Crippen MR) is 115 cm³/mol. The van der Waals surface area contributed by atoms with Crippen molar-refractivity contribution >= 4 is 41.3 Å². The Bertz CT molecular complexity index is 1190. The van der Waals surface area contributed by atoms with Crippen molar-refractivity contribution in [3.05, 3.63) is 46.2 Å². The smallest absolute Gasteiger partial charge is 0.854 e. The summed E-state index contributed by atoms with van der Waals surface area (Å²) in [5.74, 6) is -3.08. The number of carboxylic acid groups (broad SMARTS) is 1. The number of carboxylic acids is 1. The second kappa shape index (κ2) is 12.0. The number of nitrogens with zero attached hydrogens (tertiary/aromatic N) is 4. The van der Waals surface area contributed by atoms with Crippen LogP contribution in [0.3, 0.4) is 0 Å². The van der Waals surface area contributed by atoms with Crippen molar-refractivity contribution in [1.29, 1.82) is 0 Å². The van der Waals surface area contributed by atoms with Crippen LogP contribution < -0.4 is 80.2 Å². The Morgan fingerprint density at radius 3 is 2.51 bits per heavy atom. The van der Waals surface area contributed by atoms with Crippen LogP contribution in [-0.4, -0.2) is 65.4 Å². The number of benzene rings is 1. The van der Waals surface area contributed by atoms with Crippen LogP contribution in [0, 0.1) is 0 Å². The first-order chi connectivity index (χ1) is 15.6. The molecule has 2 fully saturated rings. The molecule has 2 saturated heterocycles. The monoisotopic (exact) mass is 535 g/mol. The molecular weight excluding hydrogens is 516 g/mol. The van der Waals surface area contributed by atoms with Gasteiger partial charge in [0.05, 0.1) is 29.1 Å². The molecule has 0 unspecified atom stereocenters. The van der Waals surface area contributed by atoms with Gasteiger partial charge in [0, 0.05) is 12.8 Å². The first kappa shape index (κ1) is 30.2. The molecule has 2 aromatic rings. The average Bonchev–Trinajstić information content (AvgIpc) is 3.04. The molecule has 1 N–H and O–H groups in total. The van der Waals surface area contributed by atoms with Gasteiger partial charge in [-0.2, -0.15) is 10.1 Å². The molecule has 3 heterocycles. The summed E-state index contributed by atoms with van der Waals surface area (Å²) in [6.45, 7) is 1.67. The SMILES string of the molecule is Cn1nc([O-])c(=O)nc1SC[C@]1(C)S[C@@H]2[C@H](NC(=O)Cc3ccccc3)C(=O)N2[C@H]1C(=O)[O-].[Na+].[Na+]. The number of aliphatic carboxylic acids is 1. The van der Waals surface area contributed by atoms with Gasteiger partial charge in [0.25, 0.3) is 5.56 Å². The van der Waals surface area contributed by atoms with Crippen LogP contribution >= 0.6 is 23.5 Å². The number of nitrogens with one attached hydrogen (secondary N) is 1. The molecule has 0 radical (unpaired) electrons. The quantitative estimate of drug-likeness (QED) is 0.205. The fourth-order valence-electron chi connectivity index (χ4n) is 3.90. The second-order valence-corrected chi connectivity index (χ2v) is 10.5. The van der Waals surface area contributed by atoms with Gasteiger partial charge < -0.3 is 25.2 Å². The molecule has 2 aliphatic rings. The summed E-state index contributed by atoms with van der Waals surface area (Å²) in [6, 6.07) is 6.97. The fraction of sp³-hybridized carbons (Fsp3) is 0.400. The molecule has 0 aliphatic carbocycles. The maximum Gasteiger partial charge on any atom is 1.00 e. The summed E-state index contributed by atoms with van der Waals surface area (Å²) in [5.41, 5.74) is -0.209. The summed E-state index contributed by atoms with van der Waals surface area (Å²) in [4.78, 5) is 53.6. The third-order valence-electron chi connectivity index (χ3n) is 5.46. The molecule has 11 nitrogen and oxygen atoms in total. The minimum atomic E-state index is -1.41. The molecule has 35 heavy (non-hydrogen) atoms. The Kier molecular flexibility index (Phi) is 10.3. The summed E-state index contributed by atoms with van der Waals surface area (Å²) in [7, 11) is 1.45. The topological polar surface area (TPSA) is 160 Å². The summed E-state index contributed by atoms with van der Waals surface area (Å²) in [5, 5.41) is 29.1. The van der Waals surface area contributed by atoms with E-state index in [1.807, 2.05) is 18.2 Å². The molecule has 15 heteroatoms. The Balaban J connectivity index is 0.00000216. The molecule has 2 aliphatic heterocycles. The van der Waals surface area contributed by atoms with Crippen LogP contribution in [0.25, 0.3) is 0 Å². The molecule has 0 saturated carbocycles. The zero-order chi connectivity index (χ0) is 23.9. The van der Waals surface area contributed by atoms with Crippen LogP contribution in [-0.2, 0) is 27.9 Å². The zero-order valence-corrected chi connectivity index (χ0v) is 25.2. The van der Waals surface area contributed by atoms with E-state index in [-0.39, 0.29) is 82.4 Å². The third-order valence-corrected chi connectivity index (χ3v) is 8.65. The number of fused-ring (bicyclic) bond motifs is 1. The summed E-state index contributed by atoms with van der Waals surface area (Å²) in [6.07, 6.45) is 0.0987. The number of aryl methyl sites for hydroxylation is 1. The van der Waals surface area contributed by atoms with Crippen LogP contribution in [0.4, 0.5) is 0 Å². The third kappa shape index (κ3) is 6.09. The van der Waals surface area contributed by atoms with Gasteiger partial charge in [0.15, 0.2) is 5.16 Å². The summed E-state index contributed by atoms with van der Waals surface area (Å²) < 4.78 is 0.147. The number of hydrogen-bond donors (Lipinski definition) is 1. The van der Waals surface area contributed by atoms with Gasteiger partial charge in [-0.3, -0.25) is 14.4 Å². The first-order valence-corrected chi connectivity index (χ1v) is 11.8. The number of thioether (sulfide) groups is 2. The number of β-lactam (4-membered cyclic amide) rings is 1. The predicted octanol–water partition coefficient (Wildman–Crippen LogP) is -8.13. The van der Waals surface area contributed by atoms with Gasteiger partial charge in [0.1, 0.15) is 11.4 Å². The number of amides is 2. The van der Waals surface area contributed by atoms with Crippen molar-refractivity contribution in [1.82, 2.24) is 25.0 Å². The minimum absolute atomic E-state index is 0. The number of rotatable bonds is 7. The standard InChI is InChI=1S/C20H21N5O6S2.2Na/c1-20(9-32-19-22-14(27)15(28)23-24(19)2)13(18(30)31)25-16(29)12(17(25)33-20)21-11(26)8-10-6-4-3-5-7-10;;/h3-7,12-13,17H,8-9H2,1-2H3,(H,21,26)(H,23,28)(H,30,31);;/q;2*+1/p-2/t12-,13+,17-,20+;;/m1../s1. The van der Waals surface area contributed by atoms with E-state index in [1.54, 1.807) is 19.1 Å². The number of carbonyl (C=O) groups is 3. The van der Waals surface area contributed by atoms with E-state index in [0.717, 1.165) is 22.0 Å². The molecule has 174 valence electrons. The number of hydrogen-bond acceptors (Lipinski definition) is 10. The maximum atomic E-state index is 12.7. The van der Waals surface area contributed by atoms with Crippen molar-refractivity contribution < 1.29 is 83.7 Å². The number of carbonyl (C=O) groups excluding carboxylic acids is 3. The second-order valence-electron chi connectivity index (χ2n) is 7.91. The van der Waals surface area contributed by atoms with E-state index >= 15 is 0 Å². The molecular formula is C20H19N5Na2O6S2. The van der Waals surface area contributed by atoms with Gasteiger partial charge in [-0.05, 0) is 12.5 Å². The molecule has 1 aromatic carbocycles. The van der Waals surface area contributed by atoms with Gasteiger partial charge in [-0.25, -0.2) is 4.68 Å². The molecule has 0 bridgehead atoms. The van der Waals surface area contributed by atoms with Gasteiger partial charge in [0.2, 0.25) is 11.8 Å². The van der Waals surface area contributed by atoms with E-state index in [2.05, 4.69) is 15.4 Å². The molecule has 1 aromatic heterocycles. The van der Waals surface area contributed by atoms with E-state index in [0.29, 0.717) is 0 Å². The van der Waals surface area contributed by atoms with Crippen LogP contribution in [0.1, 0.15) is 12.5 Å². The van der Waals surface area contributed by atoms with Crippen LogP contribution in [0.2, 0.25) is 0 Å². The Morgan fingerprint density at radius 2 is 1.89 bits per heavy atom. The van der Waals surface area contributed by atoms with Gasteiger partial charge in [-0.15, -0.1) is 11.8 Å². The van der Waals surface area contributed by atoms with Crippen molar-refractivity contribution in [2.24, 2.45) is 7.05 Å². The van der Waals surface area contributed by atoms with Crippen LogP contribution in [0.15, 0.2) is 40.3 Å². The van der Waals surface area contributed by atoms with Crippen LogP contribution in [0.5, 0.6) is 5.88 Å². The molecule has 4 rings (SSSR count). The Labute approximate surface area is 253 Å². The van der Waals surface area contributed by atoms with E-state index in [9.17, 15) is 29.4 Å². The van der Waals surface area contributed by atoms with E-state index < -0.39 is 45.5 Å². The number of aromatic nitrogens is 3. The van der Waals surface area contributed by atoms with Gasteiger partial charge in [-0.1, -0.05) is 42.1 Å². The van der Waals surface area contributed by atoms with E-state index in [4.69, 9.17) is 0 Å². The zero-order valence-electron chi connectivity index (χ0n) is 19.6. The van der Waals surface area contributed by atoms with E-state index in [1.165, 1.54) is 23.7 Å². The van der Waals surface area contributed by atoms with Crippen molar-refractivity contribution in [2.75, 3.05) is 5.75 Å². The fourth-order valence-corrected chi connectivity index (χ4v) is 6.84. The normalized spacial score (nSPS) is 24.5. The maximum absolute atomic E-state index is 12.7. The van der Waals surface area contributed by atoms with Gasteiger partial charge >= 0.3 is 59.1 Å². The Morgan fingerprint density at radius 1 is 1.23 bits per heavy atom. The summed E-state index contributed by atoms with van der Waals surface area (Å²) >= 11 is 2.29. The Hall–Kier alpha value is -1.06. The van der Waals surface area contributed by atoms with Crippen molar-refractivity contribution in [2.45, 2.75) is 40.7 Å². The molecule has 2 amide bonds. The first-order valence-electron chi connectivity index (χ1n) is 9.90. The molecule has 4 atom stereocenters. The average molecular weight is 536 g/mol. The van der Waals surface area contributed by atoms with Crippen molar-refractivity contribution in [3.8, 4) is 5.88 Å². The molecule has 0 spiro atoms. The minimum Gasteiger partial charge on any atom is -0.854 e. The van der Waals surface area contributed by atoms with Crippen molar-refractivity contribution in [3.63, 3.8) is 0 Å².